The summed E-state index contributed by atoms with van der Waals surface area (Å²) in [5.41, 5.74) is 0.659. The van der Waals surface area contributed by atoms with Crippen LogP contribution in [0.25, 0.3) is 0 Å². The van der Waals surface area contributed by atoms with E-state index >= 15 is 0 Å². The van der Waals surface area contributed by atoms with Crippen molar-refractivity contribution < 1.29 is 18.0 Å². The smallest absolute Gasteiger partial charge is 0.254 e. The van der Waals surface area contributed by atoms with Crippen LogP contribution >= 0.6 is 11.3 Å². The molecule has 2 bridgehead atoms. The summed E-state index contributed by atoms with van der Waals surface area (Å²) >= 11 is 1.13. The van der Waals surface area contributed by atoms with E-state index in [1.165, 1.54) is 19.0 Å². The molecule has 0 N–H and O–H groups in total. The second kappa shape index (κ2) is 5.04. The first-order valence-corrected chi connectivity index (χ1v) is 9.23. The Kier molecular flexibility index (Phi) is 3.54. The Labute approximate surface area is 133 Å². The van der Waals surface area contributed by atoms with Crippen molar-refractivity contribution in [2.75, 3.05) is 27.2 Å². The minimum atomic E-state index is -3.81. The van der Waals surface area contributed by atoms with Gasteiger partial charge in [0, 0.05) is 32.7 Å². The van der Waals surface area contributed by atoms with E-state index in [0.717, 1.165) is 15.6 Å². The molecule has 0 aromatic carbocycles. The van der Waals surface area contributed by atoms with Gasteiger partial charge in [0.2, 0.25) is 5.91 Å². The molecule has 1 aromatic heterocycles. The topological polar surface area (TPSA) is 78.0 Å². The van der Waals surface area contributed by atoms with Gasteiger partial charge in [0.25, 0.3) is 15.9 Å². The monoisotopic (exact) mass is 343 g/mol. The van der Waals surface area contributed by atoms with Crippen LogP contribution in [0.15, 0.2) is 15.7 Å². The summed E-state index contributed by atoms with van der Waals surface area (Å²) in [4.78, 5) is 28.0. The molecule has 9 heteroatoms. The molecule has 2 aliphatic heterocycles. The molecule has 7 nitrogen and oxygen atoms in total. The molecule has 2 aliphatic rings. The average Bonchev–Trinajstić information content (AvgIpc) is 2.94. The number of carbonyl (C=O) groups is 2. The summed E-state index contributed by atoms with van der Waals surface area (Å²) in [6, 6.07) is 0.142. The van der Waals surface area contributed by atoms with Gasteiger partial charge in [0.05, 0.1) is 6.04 Å². The van der Waals surface area contributed by atoms with E-state index in [9.17, 15) is 18.0 Å². The maximum absolute atomic E-state index is 12.7. The number of carbonyl (C=O) groups excluding carboxylic acids is 2. The molecule has 3 heterocycles. The molecule has 3 atom stereocenters. The number of sulfonamides is 1. The largest absolute Gasteiger partial charge is 0.347 e. The van der Waals surface area contributed by atoms with Gasteiger partial charge in [-0.3, -0.25) is 9.59 Å². The highest BCUT2D eigenvalue weighted by molar-refractivity contribution is 7.91. The zero-order chi connectivity index (χ0) is 16.2. The number of nitrogens with zero attached hydrogens (tertiary/aromatic N) is 3. The summed E-state index contributed by atoms with van der Waals surface area (Å²) in [6.07, 6.45) is 0. The van der Waals surface area contributed by atoms with Crippen LogP contribution < -0.4 is 0 Å². The second-order valence-electron chi connectivity index (χ2n) is 5.51. The van der Waals surface area contributed by atoms with Crippen molar-refractivity contribution in [3.8, 4) is 0 Å². The molecule has 2 amide bonds. The van der Waals surface area contributed by atoms with Crippen LogP contribution in [0.2, 0.25) is 0 Å². The maximum atomic E-state index is 12.7. The molecular formula is C13H17N3O4S2. The third-order valence-corrected chi connectivity index (χ3v) is 7.43. The standard InChI is InChI=1S/C13H17N3O4S2/c1-4-15-9-7-16(10(12(15)18)11(17)14(2)3)22(19,20)13-8(9)5-6-21-13/h5-6,9-10H,4,7H2,1-3H3. The highest BCUT2D eigenvalue weighted by atomic mass is 32.2. The van der Waals surface area contributed by atoms with Crippen LogP contribution in [-0.4, -0.2) is 67.6 Å². The third kappa shape index (κ3) is 1.92. The number of rotatable bonds is 2. The number of piperazine rings is 1. The van der Waals surface area contributed by atoms with Gasteiger partial charge in [0.1, 0.15) is 4.21 Å². The fourth-order valence-electron chi connectivity index (χ4n) is 3.03. The lowest BCUT2D eigenvalue weighted by molar-refractivity contribution is -0.152. The summed E-state index contributed by atoms with van der Waals surface area (Å²) in [7, 11) is -0.769. The lowest BCUT2D eigenvalue weighted by Gasteiger charge is -2.47. The first kappa shape index (κ1) is 15.4. The molecule has 0 radical (unpaired) electrons. The Morgan fingerprint density at radius 1 is 1.45 bits per heavy atom. The highest BCUT2D eigenvalue weighted by Crippen LogP contribution is 2.43. The van der Waals surface area contributed by atoms with Crippen molar-refractivity contribution in [2.45, 2.75) is 23.2 Å². The SMILES string of the molecule is CCN1C(=O)C(C(=O)N(C)C)N2CC1c1ccsc1S2(=O)=O. The molecule has 3 unspecified atom stereocenters. The van der Waals surface area contributed by atoms with Gasteiger partial charge in [0.15, 0.2) is 6.04 Å². The van der Waals surface area contributed by atoms with Gasteiger partial charge in [-0.05, 0) is 18.4 Å². The number of hydrogen-bond donors (Lipinski definition) is 0. The van der Waals surface area contributed by atoms with Gasteiger partial charge in [-0.1, -0.05) is 0 Å². The first-order chi connectivity index (χ1) is 10.3. The van der Waals surface area contributed by atoms with Crippen LogP contribution in [0.3, 0.4) is 0 Å². The minimum Gasteiger partial charge on any atom is -0.347 e. The van der Waals surface area contributed by atoms with E-state index in [2.05, 4.69) is 0 Å². The van der Waals surface area contributed by atoms with E-state index in [-0.39, 0.29) is 16.8 Å². The van der Waals surface area contributed by atoms with Crippen LogP contribution in [0.1, 0.15) is 18.5 Å². The summed E-state index contributed by atoms with van der Waals surface area (Å²) in [6.45, 7) is 2.40. The fourth-order valence-corrected chi connectivity index (χ4v) is 6.16. The van der Waals surface area contributed by atoms with E-state index in [1.54, 1.807) is 16.3 Å². The molecule has 0 spiro atoms. The summed E-state index contributed by atoms with van der Waals surface area (Å²) < 4.78 is 26.8. The van der Waals surface area contributed by atoms with Crippen molar-refractivity contribution in [2.24, 2.45) is 0 Å². The molecule has 3 rings (SSSR count). The zero-order valence-corrected chi connectivity index (χ0v) is 14.1. The lowest BCUT2D eigenvalue weighted by Crippen LogP contribution is -2.65. The van der Waals surface area contributed by atoms with Crippen LogP contribution in [0.4, 0.5) is 0 Å². The number of amides is 2. The number of likely N-dealkylation sites (N-methyl/N-ethyl adjacent to an activating group) is 2. The molecule has 0 aliphatic carbocycles. The molecule has 1 fully saturated rings. The normalized spacial score (nSPS) is 29.1. The average molecular weight is 343 g/mol. The highest BCUT2D eigenvalue weighted by Gasteiger charge is 2.54. The van der Waals surface area contributed by atoms with Crippen LogP contribution in [0.5, 0.6) is 0 Å². The Morgan fingerprint density at radius 3 is 2.73 bits per heavy atom. The van der Waals surface area contributed by atoms with E-state index in [1.807, 2.05) is 6.92 Å². The lowest BCUT2D eigenvalue weighted by atomic mass is 10.0. The number of fused-ring (bicyclic) bond motifs is 4. The van der Waals surface area contributed by atoms with Crippen molar-refractivity contribution in [3.63, 3.8) is 0 Å². The van der Waals surface area contributed by atoms with Gasteiger partial charge < -0.3 is 9.80 Å². The molecule has 1 saturated heterocycles. The number of thiophene rings is 1. The van der Waals surface area contributed by atoms with Crippen molar-refractivity contribution in [3.05, 3.63) is 17.0 Å². The van der Waals surface area contributed by atoms with Crippen molar-refractivity contribution in [1.82, 2.24) is 14.1 Å². The van der Waals surface area contributed by atoms with Crippen LogP contribution in [-0.2, 0) is 19.6 Å². The summed E-state index contributed by atoms with van der Waals surface area (Å²) in [5.74, 6) is -0.955. The molecule has 0 saturated carbocycles. The third-order valence-electron chi connectivity index (χ3n) is 4.11. The molecule has 1 aromatic rings. The van der Waals surface area contributed by atoms with Gasteiger partial charge in [-0.25, -0.2) is 8.42 Å². The second-order valence-corrected chi connectivity index (χ2v) is 8.52. The predicted molar refractivity (Wildman–Crippen MR) is 80.8 cm³/mol. The first-order valence-electron chi connectivity index (χ1n) is 6.91. The van der Waals surface area contributed by atoms with E-state index in [4.69, 9.17) is 0 Å². The van der Waals surface area contributed by atoms with Crippen LogP contribution in [0, 0.1) is 0 Å². The summed E-state index contributed by atoms with van der Waals surface area (Å²) in [5, 5.41) is 1.71. The Hall–Kier alpha value is -1.45. The van der Waals surface area contributed by atoms with Gasteiger partial charge >= 0.3 is 0 Å². The molecule has 120 valence electrons. The van der Waals surface area contributed by atoms with Crippen molar-refractivity contribution >= 4 is 33.2 Å². The number of hydrogen-bond acceptors (Lipinski definition) is 5. The maximum Gasteiger partial charge on any atom is 0.254 e. The molecule has 22 heavy (non-hydrogen) atoms. The minimum absolute atomic E-state index is 0.135. The van der Waals surface area contributed by atoms with Gasteiger partial charge in [-0.15, -0.1) is 11.3 Å². The molecular weight excluding hydrogens is 326 g/mol. The fraction of sp³-hybridized carbons (Fsp3) is 0.538. The van der Waals surface area contributed by atoms with Crippen molar-refractivity contribution in [1.29, 1.82) is 0 Å². The predicted octanol–water partition coefficient (Wildman–Crippen LogP) is 0.112. The van der Waals surface area contributed by atoms with E-state index in [0.29, 0.717) is 12.1 Å². The Bertz CT molecular complexity index is 740. The van der Waals surface area contributed by atoms with Gasteiger partial charge in [-0.2, -0.15) is 4.31 Å². The van der Waals surface area contributed by atoms with E-state index < -0.39 is 27.9 Å². The quantitative estimate of drug-likeness (QED) is 0.714. The Balaban J connectivity index is 2.19. The zero-order valence-electron chi connectivity index (χ0n) is 12.5. The Morgan fingerprint density at radius 2 is 2.14 bits per heavy atom.